The molecule has 0 aromatic carbocycles. The van der Waals surface area contributed by atoms with Crippen molar-refractivity contribution in [3.05, 3.63) is 11.3 Å². The Hall–Kier alpha value is -1.65. The van der Waals surface area contributed by atoms with Crippen LogP contribution in [-0.2, 0) is 19.1 Å². The van der Waals surface area contributed by atoms with Crippen molar-refractivity contribution in [2.75, 3.05) is 13.7 Å². The minimum atomic E-state index is -0.400. The van der Waals surface area contributed by atoms with Gasteiger partial charge in [0.05, 0.1) is 13.5 Å². The number of esters is 1. The Morgan fingerprint density at radius 1 is 1.32 bits per heavy atom. The van der Waals surface area contributed by atoms with Gasteiger partial charge in [0.2, 0.25) is 5.91 Å². The molecular weight excluding hydrogens is 282 g/mol. The summed E-state index contributed by atoms with van der Waals surface area (Å²) in [6.45, 7) is 2.77. The van der Waals surface area contributed by atoms with E-state index in [1.807, 2.05) is 11.8 Å². The maximum atomic E-state index is 12.9. The summed E-state index contributed by atoms with van der Waals surface area (Å²) in [6, 6.07) is 0. The van der Waals surface area contributed by atoms with E-state index >= 15 is 0 Å². The summed E-state index contributed by atoms with van der Waals surface area (Å²) in [6.07, 6.45) is 4.12. The summed E-state index contributed by atoms with van der Waals surface area (Å²) in [5, 5.41) is 0. The lowest BCUT2D eigenvalue weighted by Crippen LogP contribution is -2.39. The molecular formula is C17H23NO4. The van der Waals surface area contributed by atoms with Gasteiger partial charge < -0.3 is 9.64 Å². The van der Waals surface area contributed by atoms with Gasteiger partial charge in [0, 0.05) is 36.4 Å². The normalized spacial score (nSPS) is 31.2. The molecule has 0 radical (unpaired) electrons. The smallest absolute Gasteiger partial charge is 0.306 e. The first-order valence-electron chi connectivity index (χ1n) is 8.22. The molecule has 0 bridgehead atoms. The second kappa shape index (κ2) is 5.86. The zero-order valence-electron chi connectivity index (χ0n) is 13.3. The van der Waals surface area contributed by atoms with Crippen LogP contribution >= 0.6 is 0 Å². The Kier molecular flexibility index (Phi) is 4.06. The summed E-state index contributed by atoms with van der Waals surface area (Å²) in [5.41, 5.74) is 2.24. The summed E-state index contributed by atoms with van der Waals surface area (Å²) in [7, 11) is 1.34. The van der Waals surface area contributed by atoms with Crippen LogP contribution in [0.1, 0.15) is 45.4 Å². The number of rotatable bonds is 3. The molecule has 2 heterocycles. The Morgan fingerprint density at radius 2 is 2.09 bits per heavy atom. The number of hydrogen-bond donors (Lipinski definition) is 0. The Bertz CT molecular complexity index is 551. The molecule has 2 aliphatic heterocycles. The van der Waals surface area contributed by atoms with Crippen LogP contribution in [0.15, 0.2) is 11.3 Å². The first kappa shape index (κ1) is 15.3. The van der Waals surface area contributed by atoms with Crippen molar-refractivity contribution < 1.29 is 19.1 Å². The van der Waals surface area contributed by atoms with E-state index in [0.29, 0.717) is 6.42 Å². The quantitative estimate of drug-likeness (QED) is 0.749. The molecule has 1 unspecified atom stereocenters. The SMILES string of the molecule is CCC1C(=O)[C@H](CC(=O)OC)[C@H]2CC(=O)N3CCCCC1=C23. The Labute approximate surface area is 130 Å². The van der Waals surface area contributed by atoms with Gasteiger partial charge in [0.1, 0.15) is 5.78 Å². The third-order valence-electron chi connectivity index (χ3n) is 5.38. The fourth-order valence-electron chi connectivity index (χ4n) is 4.37. The molecule has 3 aliphatic rings. The number of hydrogen-bond acceptors (Lipinski definition) is 4. The molecule has 1 amide bonds. The Morgan fingerprint density at radius 3 is 2.77 bits per heavy atom. The molecule has 1 fully saturated rings. The van der Waals surface area contributed by atoms with Crippen LogP contribution in [-0.4, -0.2) is 36.2 Å². The average Bonchev–Trinajstić information content (AvgIpc) is 2.70. The van der Waals surface area contributed by atoms with Gasteiger partial charge in [0.25, 0.3) is 0 Å². The highest BCUT2D eigenvalue weighted by Gasteiger charge is 2.50. The number of carbonyl (C=O) groups excluding carboxylic acids is 3. The molecule has 3 atom stereocenters. The topological polar surface area (TPSA) is 63.7 Å². The van der Waals surface area contributed by atoms with Gasteiger partial charge in [-0.25, -0.2) is 0 Å². The van der Waals surface area contributed by atoms with Gasteiger partial charge >= 0.3 is 5.97 Å². The van der Waals surface area contributed by atoms with Crippen molar-refractivity contribution in [1.82, 2.24) is 4.90 Å². The minimum Gasteiger partial charge on any atom is -0.469 e. The van der Waals surface area contributed by atoms with Crippen LogP contribution in [0, 0.1) is 17.8 Å². The van der Waals surface area contributed by atoms with Gasteiger partial charge in [-0.3, -0.25) is 14.4 Å². The van der Waals surface area contributed by atoms with Crippen molar-refractivity contribution in [1.29, 1.82) is 0 Å². The molecule has 0 N–H and O–H groups in total. The van der Waals surface area contributed by atoms with Crippen molar-refractivity contribution in [2.45, 2.75) is 45.4 Å². The second-order valence-corrected chi connectivity index (χ2v) is 6.47. The maximum Gasteiger partial charge on any atom is 0.306 e. The van der Waals surface area contributed by atoms with E-state index in [9.17, 15) is 14.4 Å². The molecule has 0 saturated carbocycles. The van der Waals surface area contributed by atoms with Crippen LogP contribution in [0.2, 0.25) is 0 Å². The monoisotopic (exact) mass is 305 g/mol. The van der Waals surface area contributed by atoms with Crippen LogP contribution in [0.3, 0.4) is 0 Å². The van der Waals surface area contributed by atoms with E-state index in [0.717, 1.165) is 37.9 Å². The fourth-order valence-corrected chi connectivity index (χ4v) is 4.37. The average molecular weight is 305 g/mol. The molecule has 3 rings (SSSR count). The molecule has 22 heavy (non-hydrogen) atoms. The highest BCUT2D eigenvalue weighted by atomic mass is 16.5. The number of nitrogens with zero attached hydrogens (tertiary/aromatic N) is 1. The highest BCUT2D eigenvalue weighted by Crippen LogP contribution is 2.48. The predicted molar refractivity (Wildman–Crippen MR) is 79.6 cm³/mol. The van der Waals surface area contributed by atoms with Crippen LogP contribution < -0.4 is 0 Å². The number of amides is 1. The molecule has 5 nitrogen and oxygen atoms in total. The van der Waals surface area contributed by atoms with Gasteiger partial charge in [-0.05, 0) is 31.3 Å². The van der Waals surface area contributed by atoms with E-state index in [-0.39, 0.29) is 35.9 Å². The number of allylic oxidation sites excluding steroid dienone is 2. The lowest BCUT2D eigenvalue weighted by molar-refractivity contribution is -0.145. The van der Waals surface area contributed by atoms with E-state index in [1.165, 1.54) is 12.7 Å². The summed E-state index contributed by atoms with van der Waals surface area (Å²) in [5.74, 6) is -0.769. The lowest BCUT2D eigenvalue weighted by Gasteiger charge is -2.36. The van der Waals surface area contributed by atoms with Gasteiger partial charge in [-0.1, -0.05) is 6.92 Å². The van der Waals surface area contributed by atoms with E-state index in [4.69, 9.17) is 4.74 Å². The van der Waals surface area contributed by atoms with Crippen LogP contribution in [0.25, 0.3) is 0 Å². The number of Topliss-reactive ketones (excluding diaryl/α,β-unsaturated/α-hetero) is 1. The Balaban J connectivity index is 2.04. The third-order valence-corrected chi connectivity index (χ3v) is 5.38. The zero-order chi connectivity index (χ0) is 15.9. The first-order valence-corrected chi connectivity index (χ1v) is 8.22. The molecule has 5 heteroatoms. The maximum absolute atomic E-state index is 12.9. The van der Waals surface area contributed by atoms with E-state index in [2.05, 4.69) is 0 Å². The van der Waals surface area contributed by atoms with E-state index < -0.39 is 5.92 Å². The van der Waals surface area contributed by atoms with Crippen molar-refractivity contribution in [2.24, 2.45) is 17.8 Å². The fraction of sp³-hybridized carbons (Fsp3) is 0.706. The largest absolute Gasteiger partial charge is 0.469 e. The predicted octanol–water partition coefficient (Wildman–Crippen LogP) is 2.06. The first-order chi connectivity index (χ1) is 10.6. The summed E-state index contributed by atoms with van der Waals surface area (Å²) in [4.78, 5) is 38.9. The van der Waals surface area contributed by atoms with Gasteiger partial charge in [-0.15, -0.1) is 0 Å². The summed E-state index contributed by atoms with van der Waals surface area (Å²) >= 11 is 0. The standard InChI is InChI=1S/C17H23NO4/c1-3-10-11-6-4-5-7-18-14(19)8-12(16(11)18)13(17(10)21)9-15(20)22-2/h10,12-13H,3-9H2,1-2H3/t10?,12-,13-/m1/s1. The van der Waals surface area contributed by atoms with Crippen molar-refractivity contribution in [3.8, 4) is 0 Å². The number of carbonyl (C=O) groups is 3. The molecule has 120 valence electrons. The lowest BCUT2D eigenvalue weighted by atomic mass is 9.69. The zero-order valence-corrected chi connectivity index (χ0v) is 13.3. The number of methoxy groups -OCH3 is 1. The van der Waals surface area contributed by atoms with Crippen LogP contribution in [0.4, 0.5) is 0 Å². The molecule has 0 aromatic rings. The highest BCUT2D eigenvalue weighted by molar-refractivity contribution is 5.94. The number of ketones is 1. The van der Waals surface area contributed by atoms with Gasteiger partial charge in [0.15, 0.2) is 0 Å². The molecule has 1 saturated heterocycles. The minimum absolute atomic E-state index is 0.0917. The number of ether oxygens (including phenoxy) is 1. The van der Waals surface area contributed by atoms with Crippen molar-refractivity contribution >= 4 is 17.7 Å². The molecule has 0 aromatic heterocycles. The molecule has 0 spiro atoms. The van der Waals surface area contributed by atoms with Gasteiger partial charge in [-0.2, -0.15) is 0 Å². The van der Waals surface area contributed by atoms with E-state index in [1.54, 1.807) is 0 Å². The summed E-state index contributed by atoms with van der Waals surface area (Å²) < 4.78 is 4.76. The second-order valence-electron chi connectivity index (χ2n) is 6.47. The third kappa shape index (κ3) is 2.27. The van der Waals surface area contributed by atoms with Crippen LogP contribution in [0.5, 0.6) is 0 Å². The molecule has 1 aliphatic carbocycles. The van der Waals surface area contributed by atoms with Crippen molar-refractivity contribution in [3.63, 3.8) is 0 Å².